The summed E-state index contributed by atoms with van der Waals surface area (Å²) < 4.78 is 0. The molecule has 0 heterocycles. The van der Waals surface area contributed by atoms with Crippen LogP contribution in [-0.4, -0.2) is 22.9 Å². The van der Waals surface area contributed by atoms with Gasteiger partial charge in [-0.1, -0.05) is 19.8 Å². The number of rotatable bonds is 3. The van der Waals surface area contributed by atoms with Gasteiger partial charge in [0.2, 0.25) is 5.91 Å². The Hall–Kier alpha value is -0.530. The molecule has 0 bridgehead atoms. The maximum atomic E-state index is 11.4. The Balaban J connectivity index is 2.78. The molecule has 0 aromatic rings. The molecule has 1 amide bonds. The third kappa shape index (κ3) is 1.87. The number of nitrogens with zero attached hydrogens (tertiary/aromatic N) is 1. The highest BCUT2D eigenvalue weighted by Crippen LogP contribution is 2.37. The van der Waals surface area contributed by atoms with Crippen molar-refractivity contribution < 1.29 is 4.79 Å². The van der Waals surface area contributed by atoms with Gasteiger partial charge in [0, 0.05) is 19.0 Å². The number of hydrogen-bond acceptors (Lipinski definition) is 1. The largest absolute Gasteiger partial charge is 0.338 e. The Morgan fingerprint density at radius 2 is 2.00 bits per heavy atom. The van der Waals surface area contributed by atoms with Crippen LogP contribution in [0.3, 0.4) is 0 Å². The lowest BCUT2D eigenvalue weighted by molar-refractivity contribution is -0.134. The van der Waals surface area contributed by atoms with E-state index in [9.17, 15) is 4.79 Å². The van der Waals surface area contributed by atoms with E-state index < -0.39 is 0 Å². The van der Waals surface area contributed by atoms with Gasteiger partial charge in [-0.25, -0.2) is 0 Å². The van der Waals surface area contributed by atoms with Crippen LogP contribution in [0.5, 0.6) is 0 Å². The standard InChI is InChI=1S/C11H20NO/c1-4-11(8-6-7-9-11)12(5-2)10(3)13/h1,4-9H2,2-3H3. The van der Waals surface area contributed by atoms with Crippen molar-refractivity contribution in [2.75, 3.05) is 6.54 Å². The second kappa shape index (κ2) is 4.12. The zero-order valence-corrected chi connectivity index (χ0v) is 8.81. The minimum absolute atomic E-state index is 0.0978. The number of carbonyl (C=O) groups is 1. The summed E-state index contributed by atoms with van der Waals surface area (Å²) in [6, 6.07) is 0. The molecule has 0 aromatic carbocycles. The first-order valence-electron chi connectivity index (χ1n) is 5.24. The number of carbonyl (C=O) groups excluding carboxylic acids is 1. The first-order chi connectivity index (χ1) is 6.16. The van der Waals surface area contributed by atoms with Crippen LogP contribution in [0.15, 0.2) is 0 Å². The molecule has 1 fully saturated rings. The van der Waals surface area contributed by atoms with Gasteiger partial charge in [0.25, 0.3) is 0 Å². The van der Waals surface area contributed by atoms with Crippen molar-refractivity contribution in [3.8, 4) is 0 Å². The normalized spacial score (nSPS) is 20.2. The molecule has 2 heteroatoms. The third-order valence-electron chi connectivity index (χ3n) is 3.27. The molecule has 1 aliphatic carbocycles. The van der Waals surface area contributed by atoms with E-state index in [2.05, 4.69) is 13.8 Å². The highest BCUT2D eigenvalue weighted by atomic mass is 16.2. The van der Waals surface area contributed by atoms with Gasteiger partial charge in [0.1, 0.15) is 0 Å². The van der Waals surface area contributed by atoms with Crippen LogP contribution in [0, 0.1) is 6.92 Å². The first-order valence-corrected chi connectivity index (χ1v) is 5.24. The second-order valence-corrected chi connectivity index (χ2v) is 3.94. The van der Waals surface area contributed by atoms with Crippen molar-refractivity contribution in [1.29, 1.82) is 0 Å². The Morgan fingerprint density at radius 1 is 1.46 bits per heavy atom. The molecule has 0 N–H and O–H groups in total. The summed E-state index contributed by atoms with van der Waals surface area (Å²) in [6.07, 6.45) is 5.65. The Kier molecular flexibility index (Phi) is 3.34. The predicted molar refractivity (Wildman–Crippen MR) is 54.2 cm³/mol. The minimum atomic E-state index is 0.0978. The van der Waals surface area contributed by atoms with Crippen molar-refractivity contribution in [3.05, 3.63) is 6.92 Å². The molecule has 0 saturated heterocycles. The zero-order chi connectivity index (χ0) is 9.90. The SMILES string of the molecule is [CH2]CC1(N(CC)C(C)=O)CCCC1. The van der Waals surface area contributed by atoms with Gasteiger partial charge in [0.15, 0.2) is 0 Å². The van der Waals surface area contributed by atoms with E-state index in [1.54, 1.807) is 6.92 Å². The van der Waals surface area contributed by atoms with Gasteiger partial charge in [-0.15, -0.1) is 0 Å². The van der Waals surface area contributed by atoms with Crippen molar-refractivity contribution in [1.82, 2.24) is 4.90 Å². The second-order valence-electron chi connectivity index (χ2n) is 3.94. The molecule has 2 nitrogen and oxygen atoms in total. The van der Waals surface area contributed by atoms with Crippen LogP contribution >= 0.6 is 0 Å². The molecular formula is C11H20NO. The summed E-state index contributed by atoms with van der Waals surface area (Å²) in [5, 5.41) is 0. The third-order valence-corrected chi connectivity index (χ3v) is 3.27. The van der Waals surface area contributed by atoms with Crippen molar-refractivity contribution in [2.24, 2.45) is 0 Å². The molecule has 0 unspecified atom stereocenters. The molecule has 0 atom stereocenters. The molecule has 0 spiro atoms. The molecule has 1 aliphatic rings. The van der Waals surface area contributed by atoms with Gasteiger partial charge < -0.3 is 4.90 Å². The summed E-state index contributed by atoms with van der Waals surface area (Å²) in [5.41, 5.74) is 0.0978. The van der Waals surface area contributed by atoms with E-state index in [1.807, 2.05) is 4.90 Å². The predicted octanol–water partition coefficient (Wildman–Crippen LogP) is 2.39. The van der Waals surface area contributed by atoms with Gasteiger partial charge >= 0.3 is 0 Å². The van der Waals surface area contributed by atoms with E-state index in [4.69, 9.17) is 0 Å². The van der Waals surface area contributed by atoms with Crippen molar-refractivity contribution in [2.45, 2.75) is 51.5 Å². The molecule has 0 aromatic heterocycles. The highest BCUT2D eigenvalue weighted by Gasteiger charge is 2.38. The molecule has 75 valence electrons. The maximum Gasteiger partial charge on any atom is 0.219 e. The quantitative estimate of drug-likeness (QED) is 0.656. The topological polar surface area (TPSA) is 20.3 Å². The lowest BCUT2D eigenvalue weighted by Crippen LogP contribution is -2.48. The maximum absolute atomic E-state index is 11.4. The van der Waals surface area contributed by atoms with Gasteiger partial charge in [-0.2, -0.15) is 0 Å². The Bertz CT molecular complexity index is 183. The van der Waals surface area contributed by atoms with Crippen LogP contribution < -0.4 is 0 Å². The highest BCUT2D eigenvalue weighted by molar-refractivity contribution is 5.74. The average molecular weight is 182 g/mol. The zero-order valence-electron chi connectivity index (χ0n) is 8.81. The average Bonchev–Trinajstić information content (AvgIpc) is 2.55. The van der Waals surface area contributed by atoms with Crippen LogP contribution in [0.4, 0.5) is 0 Å². The molecule has 0 aliphatic heterocycles. The lowest BCUT2D eigenvalue weighted by Gasteiger charge is -2.39. The molecule has 1 saturated carbocycles. The van der Waals surface area contributed by atoms with Gasteiger partial charge in [0.05, 0.1) is 0 Å². The first kappa shape index (κ1) is 10.6. The van der Waals surface area contributed by atoms with Crippen molar-refractivity contribution in [3.63, 3.8) is 0 Å². The summed E-state index contributed by atoms with van der Waals surface area (Å²) in [6.45, 7) is 8.54. The van der Waals surface area contributed by atoms with Crippen LogP contribution in [0.25, 0.3) is 0 Å². The van der Waals surface area contributed by atoms with E-state index in [1.165, 1.54) is 12.8 Å². The minimum Gasteiger partial charge on any atom is -0.338 e. The summed E-state index contributed by atoms with van der Waals surface area (Å²) in [7, 11) is 0. The monoisotopic (exact) mass is 182 g/mol. The summed E-state index contributed by atoms with van der Waals surface area (Å²) >= 11 is 0. The molecule has 1 rings (SSSR count). The smallest absolute Gasteiger partial charge is 0.219 e. The Labute approximate surface area is 81.3 Å². The van der Waals surface area contributed by atoms with E-state index in [0.29, 0.717) is 0 Å². The molecular weight excluding hydrogens is 162 g/mol. The fourth-order valence-corrected chi connectivity index (χ4v) is 2.58. The van der Waals surface area contributed by atoms with Crippen LogP contribution in [0.1, 0.15) is 46.0 Å². The lowest BCUT2D eigenvalue weighted by atomic mass is 9.91. The fraction of sp³-hybridized carbons (Fsp3) is 0.818. The molecule has 1 radical (unpaired) electrons. The van der Waals surface area contributed by atoms with Crippen molar-refractivity contribution >= 4 is 5.91 Å². The van der Waals surface area contributed by atoms with Gasteiger partial charge in [-0.3, -0.25) is 4.79 Å². The molecule has 13 heavy (non-hydrogen) atoms. The van der Waals surface area contributed by atoms with E-state index in [0.717, 1.165) is 25.8 Å². The fourth-order valence-electron chi connectivity index (χ4n) is 2.58. The van der Waals surface area contributed by atoms with E-state index in [-0.39, 0.29) is 11.4 Å². The van der Waals surface area contributed by atoms with Gasteiger partial charge in [-0.05, 0) is 26.2 Å². The number of hydrogen-bond donors (Lipinski definition) is 0. The van der Waals surface area contributed by atoms with E-state index >= 15 is 0 Å². The van der Waals surface area contributed by atoms with Crippen LogP contribution in [0.2, 0.25) is 0 Å². The Morgan fingerprint density at radius 3 is 2.31 bits per heavy atom. The summed E-state index contributed by atoms with van der Waals surface area (Å²) in [4.78, 5) is 13.4. The number of amides is 1. The van der Waals surface area contributed by atoms with Crippen LogP contribution in [-0.2, 0) is 4.79 Å². The summed E-state index contributed by atoms with van der Waals surface area (Å²) in [5.74, 6) is 0.202.